The van der Waals surface area contributed by atoms with Crippen LogP contribution in [0.1, 0.15) is 22.6 Å². The van der Waals surface area contributed by atoms with Gasteiger partial charge in [0.15, 0.2) is 0 Å². The van der Waals surface area contributed by atoms with Crippen molar-refractivity contribution in [2.24, 2.45) is 0 Å². The number of fused-ring (bicyclic) bond motifs is 4. The molecule has 1 aliphatic heterocycles. The Morgan fingerprint density at radius 3 is 2.62 bits per heavy atom. The monoisotopic (exact) mass is 465 g/mol. The molecule has 1 aromatic heterocycles. The van der Waals surface area contributed by atoms with E-state index in [9.17, 15) is 5.41 Å². The summed E-state index contributed by atoms with van der Waals surface area (Å²) in [7, 11) is 1.66. The molecule has 2 heterocycles. The molecule has 1 aliphatic rings. The van der Waals surface area contributed by atoms with E-state index in [0.717, 1.165) is 33.4 Å². The number of para-hydroxylation sites is 1. The van der Waals surface area contributed by atoms with Gasteiger partial charge in [0.2, 0.25) is 5.88 Å². The molecular formula is C28H20ClN3O2. The van der Waals surface area contributed by atoms with Crippen molar-refractivity contribution in [3.63, 3.8) is 0 Å². The van der Waals surface area contributed by atoms with Crippen LogP contribution in [0.25, 0.3) is 16.5 Å². The van der Waals surface area contributed by atoms with Crippen molar-refractivity contribution < 1.29 is 9.47 Å². The zero-order chi connectivity index (χ0) is 23.2. The average Bonchev–Trinajstić information content (AvgIpc) is 2.88. The van der Waals surface area contributed by atoms with E-state index in [2.05, 4.69) is 29.2 Å². The number of rotatable bonds is 3. The number of nitrogens with zero attached hydrogens (tertiary/aromatic N) is 2. The average molecular weight is 466 g/mol. The van der Waals surface area contributed by atoms with Crippen LogP contribution in [0.4, 0.5) is 0 Å². The third-order valence-electron chi connectivity index (χ3n) is 6.27. The van der Waals surface area contributed by atoms with Gasteiger partial charge in [-0.3, -0.25) is 9.98 Å². The maximum Gasteiger partial charge on any atom is 0.228 e. The highest BCUT2D eigenvalue weighted by molar-refractivity contribution is 6.32. The maximum atomic E-state index is 9.24. The Balaban J connectivity index is 1.69. The second-order valence-corrected chi connectivity index (χ2v) is 8.55. The van der Waals surface area contributed by atoms with Gasteiger partial charge >= 0.3 is 0 Å². The molecule has 166 valence electrons. The lowest BCUT2D eigenvalue weighted by Crippen LogP contribution is -2.29. The first-order valence-corrected chi connectivity index (χ1v) is 11.3. The van der Waals surface area contributed by atoms with E-state index in [1.54, 1.807) is 18.0 Å². The van der Waals surface area contributed by atoms with E-state index in [-0.39, 0.29) is 11.4 Å². The summed E-state index contributed by atoms with van der Waals surface area (Å²) in [5, 5.41) is 12.0. The smallest absolute Gasteiger partial charge is 0.228 e. The van der Waals surface area contributed by atoms with Crippen LogP contribution in [-0.4, -0.2) is 16.7 Å². The van der Waals surface area contributed by atoms with Gasteiger partial charge in [0.1, 0.15) is 23.3 Å². The van der Waals surface area contributed by atoms with Crippen molar-refractivity contribution in [2.75, 3.05) is 7.11 Å². The molecule has 0 spiro atoms. The van der Waals surface area contributed by atoms with Crippen LogP contribution >= 0.6 is 11.6 Å². The summed E-state index contributed by atoms with van der Waals surface area (Å²) in [4.78, 5) is 4.63. The molecule has 0 saturated carbocycles. The molecule has 6 heteroatoms. The van der Waals surface area contributed by atoms with Crippen LogP contribution in [0.3, 0.4) is 0 Å². The second-order valence-electron chi connectivity index (χ2n) is 8.14. The highest BCUT2D eigenvalue weighted by Gasteiger charge is 2.34. The summed E-state index contributed by atoms with van der Waals surface area (Å²) in [6, 6.07) is 27.7. The Morgan fingerprint density at radius 2 is 1.76 bits per heavy atom. The fourth-order valence-corrected chi connectivity index (χ4v) is 4.93. The molecule has 1 atom stereocenters. The molecule has 5 nitrogen and oxygen atoms in total. The number of hydrogen-bond donors (Lipinski definition) is 1. The van der Waals surface area contributed by atoms with Gasteiger partial charge in [0.25, 0.3) is 0 Å². The molecule has 4 aromatic carbocycles. The Bertz CT molecular complexity index is 1630. The van der Waals surface area contributed by atoms with E-state index in [1.807, 2.05) is 60.7 Å². The van der Waals surface area contributed by atoms with Crippen LogP contribution in [0.5, 0.6) is 17.4 Å². The number of methoxy groups -OCH3 is 1. The van der Waals surface area contributed by atoms with Crippen LogP contribution in [0, 0.1) is 5.41 Å². The quantitative estimate of drug-likeness (QED) is 0.326. The zero-order valence-electron chi connectivity index (χ0n) is 18.3. The number of ether oxygens (including phenoxy) is 2. The van der Waals surface area contributed by atoms with Crippen molar-refractivity contribution in [2.45, 2.75) is 5.92 Å². The van der Waals surface area contributed by atoms with Crippen LogP contribution in [0.2, 0.25) is 5.02 Å². The summed E-state index contributed by atoms with van der Waals surface area (Å²) in [5.41, 5.74) is 3.64. The molecule has 1 N–H and O–H groups in total. The third-order valence-corrected chi connectivity index (χ3v) is 6.59. The normalized spacial score (nSPS) is 14.2. The van der Waals surface area contributed by atoms with Gasteiger partial charge in [-0.15, -0.1) is 0 Å². The summed E-state index contributed by atoms with van der Waals surface area (Å²) < 4.78 is 13.5. The largest absolute Gasteiger partial charge is 0.497 e. The lowest BCUT2D eigenvalue weighted by atomic mass is 9.81. The maximum absolute atomic E-state index is 9.24. The van der Waals surface area contributed by atoms with Gasteiger partial charge < -0.3 is 9.47 Å². The first-order chi connectivity index (χ1) is 16.7. The molecule has 6 rings (SSSR count). The zero-order valence-corrected chi connectivity index (χ0v) is 19.1. The SMILES string of the molecule is COc1cccc(C2c3c(ncn(-c4ccccc4Cl)c3=N)Oc3ccc4ccccc4c32)c1. The lowest BCUT2D eigenvalue weighted by Gasteiger charge is -2.30. The fraction of sp³-hybridized carbons (Fsp3) is 0.0714. The molecular weight excluding hydrogens is 446 g/mol. The molecule has 5 aromatic rings. The number of benzene rings is 4. The van der Waals surface area contributed by atoms with Gasteiger partial charge in [-0.2, -0.15) is 0 Å². The number of hydrogen-bond acceptors (Lipinski definition) is 4. The Morgan fingerprint density at radius 1 is 0.941 bits per heavy atom. The number of aromatic nitrogens is 2. The molecule has 0 radical (unpaired) electrons. The fourth-order valence-electron chi connectivity index (χ4n) is 4.71. The molecule has 0 bridgehead atoms. The molecule has 0 amide bonds. The standard InChI is InChI=1S/C28H20ClN3O2/c1-33-19-9-6-8-18(15-19)24-25-20-10-3-2-7-17(20)13-14-23(25)34-28-26(24)27(30)32(16-31-28)22-12-5-4-11-21(22)29/h2-16,24,30H,1H3. The summed E-state index contributed by atoms with van der Waals surface area (Å²) in [5.74, 6) is 1.63. The highest BCUT2D eigenvalue weighted by Crippen LogP contribution is 2.48. The lowest BCUT2D eigenvalue weighted by molar-refractivity contribution is 0.412. The van der Waals surface area contributed by atoms with Gasteiger partial charge in [0, 0.05) is 11.5 Å². The predicted molar refractivity (Wildman–Crippen MR) is 132 cm³/mol. The van der Waals surface area contributed by atoms with Gasteiger partial charge in [-0.1, -0.05) is 66.2 Å². The minimum atomic E-state index is -0.283. The van der Waals surface area contributed by atoms with E-state index in [0.29, 0.717) is 22.2 Å². The summed E-state index contributed by atoms with van der Waals surface area (Å²) in [6.07, 6.45) is 1.59. The van der Waals surface area contributed by atoms with Gasteiger partial charge in [0.05, 0.1) is 23.4 Å². The van der Waals surface area contributed by atoms with E-state index < -0.39 is 0 Å². The van der Waals surface area contributed by atoms with Crippen molar-refractivity contribution in [3.05, 3.63) is 118 Å². The van der Waals surface area contributed by atoms with Gasteiger partial charge in [-0.05, 0) is 46.7 Å². The van der Waals surface area contributed by atoms with E-state index in [1.165, 1.54) is 0 Å². The van der Waals surface area contributed by atoms with Crippen molar-refractivity contribution >= 4 is 22.4 Å². The Hall–Kier alpha value is -4.09. The van der Waals surface area contributed by atoms with Crippen LogP contribution in [-0.2, 0) is 0 Å². The van der Waals surface area contributed by atoms with Crippen molar-refractivity contribution in [1.82, 2.24) is 9.55 Å². The Kier molecular flexibility index (Phi) is 4.85. The molecule has 0 saturated heterocycles. The molecule has 0 fully saturated rings. The summed E-state index contributed by atoms with van der Waals surface area (Å²) in [6.45, 7) is 0. The van der Waals surface area contributed by atoms with Crippen molar-refractivity contribution in [1.29, 1.82) is 5.41 Å². The number of nitrogens with one attached hydrogen (secondary N) is 1. The van der Waals surface area contributed by atoms with Gasteiger partial charge in [-0.25, -0.2) is 4.98 Å². The Labute approximate surface area is 201 Å². The predicted octanol–water partition coefficient (Wildman–Crippen LogP) is 6.45. The third kappa shape index (κ3) is 3.17. The summed E-state index contributed by atoms with van der Waals surface area (Å²) >= 11 is 6.49. The van der Waals surface area contributed by atoms with E-state index in [4.69, 9.17) is 21.1 Å². The molecule has 34 heavy (non-hydrogen) atoms. The first kappa shape index (κ1) is 20.5. The number of halogens is 1. The molecule has 1 unspecified atom stereocenters. The topological polar surface area (TPSA) is 60.1 Å². The van der Waals surface area contributed by atoms with E-state index >= 15 is 0 Å². The molecule has 0 aliphatic carbocycles. The van der Waals surface area contributed by atoms with Crippen molar-refractivity contribution in [3.8, 4) is 23.1 Å². The van der Waals surface area contributed by atoms with Crippen LogP contribution in [0.15, 0.2) is 91.3 Å². The highest BCUT2D eigenvalue weighted by atomic mass is 35.5. The van der Waals surface area contributed by atoms with Crippen LogP contribution < -0.4 is 15.0 Å². The second kappa shape index (κ2) is 8.04. The minimum Gasteiger partial charge on any atom is -0.497 e. The first-order valence-electron chi connectivity index (χ1n) is 10.9. The minimum absolute atomic E-state index is 0.268.